The average molecular weight is 284 g/mol. The molecule has 0 amide bonds. The first-order chi connectivity index (χ1) is 9.58. The fourth-order valence-electron chi connectivity index (χ4n) is 1.63. The first-order valence-electron chi connectivity index (χ1n) is 6.56. The van der Waals surface area contributed by atoms with E-state index in [0.29, 0.717) is 25.3 Å². The van der Waals surface area contributed by atoms with Crippen molar-refractivity contribution in [2.75, 3.05) is 19.8 Å². The average Bonchev–Trinajstić information content (AvgIpc) is 2.40. The molecule has 0 fully saturated rings. The van der Waals surface area contributed by atoms with Crippen LogP contribution in [0.4, 0.5) is 5.82 Å². The highest BCUT2D eigenvalue weighted by molar-refractivity contribution is 5.40. The van der Waals surface area contributed by atoms with Gasteiger partial charge < -0.3 is 24.3 Å². The van der Waals surface area contributed by atoms with Crippen LogP contribution in [0.25, 0.3) is 0 Å². The second-order valence-electron chi connectivity index (χ2n) is 4.01. The highest BCUT2D eigenvalue weighted by atomic mass is 16.7. The van der Waals surface area contributed by atoms with Gasteiger partial charge in [-0.2, -0.15) is 0 Å². The molecule has 1 rings (SSSR count). The summed E-state index contributed by atoms with van der Waals surface area (Å²) < 4.78 is 16.1. The molecule has 0 unspecified atom stereocenters. The zero-order valence-corrected chi connectivity index (χ0v) is 12.0. The number of hydrogen-bond acceptors (Lipinski definition) is 6. The van der Waals surface area contributed by atoms with E-state index in [-0.39, 0.29) is 24.5 Å². The van der Waals surface area contributed by atoms with E-state index in [4.69, 9.17) is 14.2 Å². The maximum absolute atomic E-state index is 10.9. The molecule has 20 heavy (non-hydrogen) atoms. The predicted octanol–water partition coefficient (Wildman–Crippen LogP) is 2.47. The summed E-state index contributed by atoms with van der Waals surface area (Å²) >= 11 is 0. The molecule has 1 heterocycles. The molecule has 0 aliphatic rings. The lowest BCUT2D eigenvalue weighted by molar-refractivity contribution is -0.390. The molecular formula is C13H20N2O5. The van der Waals surface area contributed by atoms with Crippen molar-refractivity contribution in [3.63, 3.8) is 0 Å². The molecule has 0 saturated heterocycles. The third kappa shape index (κ3) is 5.10. The minimum Gasteiger partial charge on any atom is -0.485 e. The summed E-state index contributed by atoms with van der Waals surface area (Å²) in [7, 11) is 0. The standard InChI is InChI=1S/C13H20N2O5/c1-4-18-12(19-5-2)8-9-20-11-7-6-10(3)14-13(11)15(16)17/h6-7,12H,4-5,8-9H2,1-3H3. The first-order valence-corrected chi connectivity index (χ1v) is 6.56. The Balaban J connectivity index is 2.58. The summed E-state index contributed by atoms with van der Waals surface area (Å²) in [6.45, 7) is 6.78. The van der Waals surface area contributed by atoms with Crippen LogP contribution in [0.15, 0.2) is 12.1 Å². The molecule has 7 heteroatoms. The van der Waals surface area contributed by atoms with Crippen molar-refractivity contribution in [2.45, 2.75) is 33.5 Å². The van der Waals surface area contributed by atoms with Crippen molar-refractivity contribution < 1.29 is 19.1 Å². The van der Waals surface area contributed by atoms with Gasteiger partial charge in [-0.15, -0.1) is 0 Å². The quantitative estimate of drug-likeness (QED) is 0.393. The summed E-state index contributed by atoms with van der Waals surface area (Å²) in [4.78, 5) is 14.2. The smallest absolute Gasteiger partial charge is 0.406 e. The maximum Gasteiger partial charge on any atom is 0.406 e. The number of nitrogens with zero attached hydrogens (tertiary/aromatic N) is 2. The number of ether oxygens (including phenoxy) is 3. The van der Waals surface area contributed by atoms with Crippen LogP contribution in [0, 0.1) is 17.0 Å². The van der Waals surface area contributed by atoms with Gasteiger partial charge in [-0.1, -0.05) is 0 Å². The van der Waals surface area contributed by atoms with Crippen LogP contribution in [0.1, 0.15) is 26.0 Å². The minimum atomic E-state index is -0.551. The summed E-state index contributed by atoms with van der Waals surface area (Å²) in [5.41, 5.74) is 0.575. The molecule has 0 N–H and O–H groups in total. The fourth-order valence-corrected chi connectivity index (χ4v) is 1.63. The second kappa shape index (κ2) is 8.44. The third-order valence-corrected chi connectivity index (χ3v) is 2.47. The number of rotatable bonds is 9. The number of nitro groups is 1. The molecule has 0 radical (unpaired) electrons. The van der Waals surface area contributed by atoms with Crippen LogP contribution >= 0.6 is 0 Å². The van der Waals surface area contributed by atoms with Gasteiger partial charge in [-0.25, -0.2) is 0 Å². The van der Waals surface area contributed by atoms with Crippen molar-refractivity contribution in [2.24, 2.45) is 0 Å². The largest absolute Gasteiger partial charge is 0.485 e. The molecule has 7 nitrogen and oxygen atoms in total. The second-order valence-corrected chi connectivity index (χ2v) is 4.01. The van der Waals surface area contributed by atoms with Crippen LogP contribution < -0.4 is 4.74 Å². The topological polar surface area (TPSA) is 83.7 Å². The molecule has 0 aliphatic carbocycles. The zero-order chi connectivity index (χ0) is 15.0. The summed E-state index contributed by atoms with van der Waals surface area (Å²) in [5, 5.41) is 10.9. The number of aryl methyl sites for hydroxylation is 1. The van der Waals surface area contributed by atoms with E-state index in [9.17, 15) is 10.1 Å². The van der Waals surface area contributed by atoms with Crippen LogP contribution in [0.5, 0.6) is 5.75 Å². The van der Waals surface area contributed by atoms with Crippen molar-refractivity contribution in [1.29, 1.82) is 0 Å². The Kier molecular flexibility index (Phi) is 6.89. The number of aromatic nitrogens is 1. The molecule has 112 valence electrons. The number of pyridine rings is 1. The summed E-state index contributed by atoms with van der Waals surface area (Å²) in [6.07, 6.45) is 0.134. The molecule has 0 atom stereocenters. The van der Waals surface area contributed by atoms with Gasteiger partial charge in [0.05, 0.1) is 6.61 Å². The van der Waals surface area contributed by atoms with Crippen LogP contribution in [-0.2, 0) is 9.47 Å². The molecule has 1 aromatic heterocycles. The van der Waals surface area contributed by atoms with Crippen molar-refractivity contribution >= 4 is 5.82 Å². The van der Waals surface area contributed by atoms with Crippen molar-refractivity contribution in [1.82, 2.24) is 4.98 Å². The van der Waals surface area contributed by atoms with Gasteiger partial charge >= 0.3 is 5.82 Å². The Hall–Kier alpha value is -1.73. The van der Waals surface area contributed by atoms with E-state index in [1.165, 1.54) is 0 Å². The Morgan fingerprint density at radius 1 is 1.30 bits per heavy atom. The van der Waals surface area contributed by atoms with E-state index in [2.05, 4.69) is 4.98 Å². The molecular weight excluding hydrogens is 264 g/mol. The van der Waals surface area contributed by atoms with Gasteiger partial charge in [-0.05, 0) is 35.9 Å². The lowest BCUT2D eigenvalue weighted by Crippen LogP contribution is -2.20. The highest BCUT2D eigenvalue weighted by Crippen LogP contribution is 2.24. The lowest BCUT2D eigenvalue weighted by Gasteiger charge is -2.16. The molecule has 0 aliphatic heterocycles. The van der Waals surface area contributed by atoms with Crippen LogP contribution in [0.3, 0.4) is 0 Å². The predicted molar refractivity (Wildman–Crippen MR) is 72.8 cm³/mol. The fraction of sp³-hybridized carbons (Fsp3) is 0.615. The monoisotopic (exact) mass is 284 g/mol. The van der Waals surface area contributed by atoms with E-state index in [0.717, 1.165) is 0 Å². The Labute approximate surface area is 118 Å². The maximum atomic E-state index is 10.9. The molecule has 0 bridgehead atoms. The summed E-state index contributed by atoms with van der Waals surface area (Å²) in [5.74, 6) is -0.110. The van der Waals surface area contributed by atoms with Gasteiger partial charge in [0, 0.05) is 26.6 Å². The minimum absolute atomic E-state index is 0.160. The van der Waals surface area contributed by atoms with E-state index in [1.807, 2.05) is 13.8 Å². The Morgan fingerprint density at radius 2 is 1.95 bits per heavy atom. The van der Waals surface area contributed by atoms with E-state index >= 15 is 0 Å². The van der Waals surface area contributed by atoms with E-state index < -0.39 is 4.92 Å². The van der Waals surface area contributed by atoms with Crippen LogP contribution in [0.2, 0.25) is 0 Å². The third-order valence-electron chi connectivity index (χ3n) is 2.47. The van der Waals surface area contributed by atoms with Gasteiger partial charge in [0.25, 0.3) is 0 Å². The Morgan fingerprint density at radius 3 is 2.50 bits per heavy atom. The van der Waals surface area contributed by atoms with Crippen LogP contribution in [-0.4, -0.2) is 36.0 Å². The van der Waals surface area contributed by atoms with Crippen molar-refractivity contribution in [3.8, 4) is 5.75 Å². The molecule has 0 saturated carbocycles. The highest BCUT2D eigenvalue weighted by Gasteiger charge is 2.18. The SMILES string of the molecule is CCOC(CCOc1ccc(C)nc1[N+](=O)[O-])OCC. The Bertz CT molecular complexity index is 433. The summed E-state index contributed by atoms with van der Waals surface area (Å²) in [6, 6.07) is 3.22. The molecule has 0 aromatic carbocycles. The van der Waals surface area contributed by atoms with Gasteiger partial charge in [-0.3, -0.25) is 0 Å². The number of hydrogen-bond donors (Lipinski definition) is 0. The molecule has 0 spiro atoms. The zero-order valence-electron chi connectivity index (χ0n) is 12.0. The van der Waals surface area contributed by atoms with Crippen molar-refractivity contribution in [3.05, 3.63) is 27.9 Å². The van der Waals surface area contributed by atoms with E-state index in [1.54, 1.807) is 19.1 Å². The normalized spacial score (nSPS) is 10.8. The first kappa shape index (κ1) is 16.3. The van der Waals surface area contributed by atoms with Gasteiger partial charge in [0.15, 0.2) is 6.29 Å². The van der Waals surface area contributed by atoms with Gasteiger partial charge in [0.2, 0.25) is 5.75 Å². The van der Waals surface area contributed by atoms with Gasteiger partial charge in [0.1, 0.15) is 5.69 Å². The molecule has 1 aromatic rings. The lowest BCUT2D eigenvalue weighted by atomic mass is 10.3.